The second kappa shape index (κ2) is 30.8. The first-order chi connectivity index (χ1) is 61.4. The van der Waals surface area contributed by atoms with Crippen molar-refractivity contribution in [2.45, 2.75) is 0 Å². The molecule has 6 heterocycles. The number of aromatic nitrogens is 6. The van der Waals surface area contributed by atoms with Gasteiger partial charge in [0.25, 0.3) is 0 Å². The Morgan fingerprint density at radius 3 is 0.798 bits per heavy atom. The van der Waals surface area contributed by atoms with Crippen LogP contribution in [-0.4, -0.2) is 28.2 Å². The molecule has 0 spiro atoms. The summed E-state index contributed by atoms with van der Waals surface area (Å²) in [4.78, 5) is 10.2. The largest absolute Gasteiger partial charge is 0.309 e. The van der Waals surface area contributed by atoms with Crippen LogP contribution in [0.1, 0.15) is 33.4 Å². The fourth-order valence-corrected chi connectivity index (χ4v) is 18.5. The van der Waals surface area contributed by atoms with E-state index >= 15 is 0 Å². The van der Waals surface area contributed by atoms with E-state index < -0.39 is 0 Å². The molecule has 16 aromatic carbocycles. The highest BCUT2D eigenvalue weighted by atomic mass is 15.0. The van der Waals surface area contributed by atoms with Crippen LogP contribution in [0.4, 0.5) is 0 Å². The van der Waals surface area contributed by atoms with Gasteiger partial charge < -0.3 is 18.3 Å². The Bertz CT molecular complexity index is 8100. The summed E-state index contributed by atoms with van der Waals surface area (Å²) in [5.74, 6) is 0. The molecule has 22 rings (SSSR count). The number of hydrogen-bond acceptors (Lipinski definition) is 8. The molecule has 0 bridgehead atoms. The van der Waals surface area contributed by atoms with E-state index in [0.717, 1.165) is 154 Å². The van der Waals surface area contributed by atoms with Crippen molar-refractivity contribution in [3.05, 3.63) is 422 Å². The summed E-state index contributed by atoms with van der Waals surface area (Å²) in [6.07, 6.45) is 0. The monoisotopic (exact) mass is 1580 g/mol. The molecule has 0 N–H and O–H groups in total. The van der Waals surface area contributed by atoms with E-state index in [1.807, 2.05) is 182 Å². The van der Waals surface area contributed by atoms with Crippen LogP contribution in [0.3, 0.4) is 0 Å². The van der Waals surface area contributed by atoms with Gasteiger partial charge in [0.1, 0.15) is 24.3 Å². The molecular weight excluding hydrogens is 1510 g/mol. The van der Waals surface area contributed by atoms with Crippen molar-refractivity contribution < 1.29 is 0 Å². The number of nitrogens with zero attached hydrogens (tertiary/aromatic N) is 12. The van der Waals surface area contributed by atoms with Gasteiger partial charge >= 0.3 is 0 Å². The molecule has 0 aliphatic rings. The van der Waals surface area contributed by atoms with Crippen molar-refractivity contribution in [2.75, 3.05) is 0 Å². The van der Waals surface area contributed by atoms with Crippen molar-refractivity contribution in [1.29, 1.82) is 31.6 Å². The van der Waals surface area contributed by atoms with Crippen molar-refractivity contribution in [3.8, 4) is 149 Å². The van der Waals surface area contributed by atoms with E-state index in [1.54, 1.807) is 0 Å². The molecule has 0 fully saturated rings. The van der Waals surface area contributed by atoms with Crippen LogP contribution in [0.2, 0.25) is 0 Å². The summed E-state index contributed by atoms with van der Waals surface area (Å²) in [5.41, 5.74) is 24.5. The second-order valence-corrected chi connectivity index (χ2v) is 30.4. The standard InChI is InChI=1S/2C56H32N6/c57-33-39-31-38(56-46(35-59)51(36-17-5-1-6-18-36)45(34-58)55(60-56)37-19-7-2-8-20-37)29-30-42(39)54-52-43-25-13-15-27-47(43)61(40-21-9-3-10-22-40)49(52)32-50-53(54)44-26-14-16-28-48(44)62(50)41-23-11-4-12-24-41;57-33-39-31-38(54-48(35-59)51(36-17-5-1-6-18-36)47(34-58)53(60-54)37-19-7-2-8-20-37)29-30-42(39)52-55-45(43-25-13-15-27-49(43)61(55)40-21-9-3-10-22-40)32-46-44-26-14-16-28-50(44)62(56(46)52)41-23-11-4-12-24-41/h2*1-32H. The minimum atomic E-state index is 0.266. The molecule has 22 aromatic rings. The molecule has 12 nitrogen and oxygen atoms in total. The van der Waals surface area contributed by atoms with Gasteiger partial charge in [0.15, 0.2) is 0 Å². The summed E-state index contributed by atoms with van der Waals surface area (Å²) in [7, 11) is 0. The van der Waals surface area contributed by atoms with Crippen LogP contribution in [0.5, 0.6) is 0 Å². The minimum Gasteiger partial charge on any atom is -0.309 e. The Morgan fingerprint density at radius 2 is 0.468 bits per heavy atom. The Morgan fingerprint density at radius 1 is 0.194 bits per heavy atom. The van der Waals surface area contributed by atoms with Gasteiger partial charge in [0, 0.05) is 121 Å². The zero-order valence-corrected chi connectivity index (χ0v) is 66.3. The summed E-state index contributed by atoms with van der Waals surface area (Å²) >= 11 is 0. The summed E-state index contributed by atoms with van der Waals surface area (Å²) in [6.45, 7) is 0. The van der Waals surface area contributed by atoms with Crippen molar-refractivity contribution in [1.82, 2.24) is 28.2 Å². The second-order valence-electron chi connectivity index (χ2n) is 30.4. The number of pyridine rings is 2. The Balaban J connectivity index is 0.000000152. The molecular formula is C112H64N12. The molecule has 0 aliphatic heterocycles. The van der Waals surface area contributed by atoms with Gasteiger partial charge in [0.2, 0.25) is 0 Å². The Kier molecular flexibility index (Phi) is 18.3. The first kappa shape index (κ1) is 73.6. The predicted octanol–water partition coefficient (Wildman–Crippen LogP) is 27.1. The van der Waals surface area contributed by atoms with E-state index in [9.17, 15) is 31.6 Å². The van der Waals surface area contributed by atoms with Gasteiger partial charge in [-0.2, -0.15) is 31.6 Å². The van der Waals surface area contributed by atoms with E-state index in [2.05, 4.69) is 261 Å². The lowest BCUT2D eigenvalue weighted by Gasteiger charge is -2.18. The van der Waals surface area contributed by atoms with Crippen molar-refractivity contribution >= 4 is 87.2 Å². The highest BCUT2D eigenvalue weighted by Gasteiger charge is 2.32. The highest BCUT2D eigenvalue weighted by molar-refractivity contribution is 6.30. The zero-order chi connectivity index (χ0) is 83.5. The van der Waals surface area contributed by atoms with E-state index in [4.69, 9.17) is 9.97 Å². The maximum absolute atomic E-state index is 11.3. The Hall–Kier alpha value is -18.0. The number of benzene rings is 16. The van der Waals surface area contributed by atoms with Gasteiger partial charge in [-0.3, -0.25) is 0 Å². The molecule has 572 valence electrons. The topological polar surface area (TPSA) is 188 Å². The van der Waals surface area contributed by atoms with E-state index in [-0.39, 0.29) is 11.1 Å². The third kappa shape index (κ3) is 11.9. The Labute approximate surface area is 712 Å². The van der Waals surface area contributed by atoms with Crippen LogP contribution >= 0.6 is 0 Å². The minimum absolute atomic E-state index is 0.266. The molecule has 0 atom stereocenters. The van der Waals surface area contributed by atoms with Gasteiger partial charge in [-0.25, -0.2) is 9.97 Å². The molecule has 0 unspecified atom stereocenters. The maximum Gasteiger partial charge on any atom is 0.102 e. The van der Waals surface area contributed by atoms with Crippen LogP contribution in [0.15, 0.2) is 388 Å². The lowest BCUT2D eigenvalue weighted by molar-refractivity contribution is 1.16. The number of fused-ring (bicyclic) bond motifs is 12. The maximum atomic E-state index is 11.3. The molecule has 0 saturated carbocycles. The van der Waals surface area contributed by atoms with Gasteiger partial charge in [0.05, 0.1) is 112 Å². The normalized spacial score (nSPS) is 11.2. The molecule has 12 heteroatoms. The lowest BCUT2D eigenvalue weighted by atomic mass is 9.87. The summed E-state index contributed by atoms with van der Waals surface area (Å²) in [5, 5.41) is 74.4. The van der Waals surface area contributed by atoms with Gasteiger partial charge in [-0.1, -0.05) is 291 Å². The fourth-order valence-electron chi connectivity index (χ4n) is 18.5. The zero-order valence-electron chi connectivity index (χ0n) is 66.3. The number of nitriles is 6. The third-order valence-electron chi connectivity index (χ3n) is 23.7. The van der Waals surface area contributed by atoms with Gasteiger partial charge in [-0.15, -0.1) is 0 Å². The predicted molar refractivity (Wildman–Crippen MR) is 498 cm³/mol. The molecule has 0 amide bonds. The quantitative estimate of drug-likeness (QED) is 0.115. The average Bonchev–Trinajstić information content (AvgIpc) is 1.54. The van der Waals surface area contributed by atoms with Crippen LogP contribution in [-0.2, 0) is 0 Å². The number of para-hydroxylation sites is 8. The fraction of sp³-hybridized carbons (Fsp3) is 0. The number of rotatable bonds is 12. The van der Waals surface area contributed by atoms with E-state index in [1.165, 1.54) is 0 Å². The average molecular weight is 1580 g/mol. The van der Waals surface area contributed by atoms with Gasteiger partial charge in [-0.05, 0) is 108 Å². The molecule has 6 aromatic heterocycles. The number of hydrogen-bond donors (Lipinski definition) is 0. The molecule has 0 aliphatic carbocycles. The lowest BCUT2D eigenvalue weighted by Crippen LogP contribution is -2.03. The van der Waals surface area contributed by atoms with Crippen LogP contribution < -0.4 is 0 Å². The van der Waals surface area contributed by atoms with Crippen molar-refractivity contribution in [2.24, 2.45) is 0 Å². The van der Waals surface area contributed by atoms with Crippen molar-refractivity contribution in [3.63, 3.8) is 0 Å². The van der Waals surface area contributed by atoms with E-state index in [0.29, 0.717) is 67.3 Å². The first-order valence-corrected chi connectivity index (χ1v) is 40.6. The third-order valence-corrected chi connectivity index (χ3v) is 23.7. The molecule has 124 heavy (non-hydrogen) atoms. The van der Waals surface area contributed by atoms with Crippen LogP contribution in [0.25, 0.3) is 200 Å². The molecule has 0 radical (unpaired) electrons. The summed E-state index contributed by atoms with van der Waals surface area (Å²) < 4.78 is 9.26. The summed E-state index contributed by atoms with van der Waals surface area (Å²) in [6, 6.07) is 145. The molecule has 0 saturated heterocycles. The smallest absolute Gasteiger partial charge is 0.102 e. The SMILES string of the molecule is N#Cc1cc(-c2nc(-c3ccccc3)c(C#N)c(-c3ccccc3)c2C#N)ccc1-c1c2c(cc3c4ccccc4n(-c4ccccc4)c13)c1ccccc1n2-c1ccccc1.N#Cc1cc(-c2nc(-c3ccccc3)c(C#N)c(-c3ccccc3)c2C#N)ccc1-c1c2c3ccccc3n(-c3ccccc3)c2cc2c1c1ccccc1n2-c1ccccc1. The first-order valence-electron chi connectivity index (χ1n) is 40.6. The highest BCUT2D eigenvalue weighted by Crippen LogP contribution is 2.52. The van der Waals surface area contributed by atoms with Crippen LogP contribution in [0, 0.1) is 68.0 Å².